The first-order chi connectivity index (χ1) is 14.1. The molecule has 12 heteroatoms. The molecule has 1 fully saturated rings. The summed E-state index contributed by atoms with van der Waals surface area (Å²) in [4.78, 5) is 17.6. The summed E-state index contributed by atoms with van der Waals surface area (Å²) in [6.45, 7) is -0.108. The zero-order chi connectivity index (χ0) is 21.9. The molecule has 0 saturated carbocycles. The predicted molar refractivity (Wildman–Crippen MR) is 106 cm³/mol. The van der Waals surface area contributed by atoms with E-state index in [1.165, 1.54) is 52.9 Å². The smallest absolute Gasteiger partial charge is 0.244 e. The van der Waals surface area contributed by atoms with Crippen molar-refractivity contribution in [3.8, 4) is 0 Å². The minimum absolute atomic E-state index is 0.0219. The lowest BCUT2D eigenvalue weighted by atomic mass is 10.3. The molecule has 0 spiro atoms. The van der Waals surface area contributed by atoms with E-state index in [9.17, 15) is 26.0 Å². The van der Waals surface area contributed by atoms with Gasteiger partial charge in [-0.2, -0.15) is 8.61 Å². The zero-order valence-corrected chi connectivity index (χ0v) is 17.8. The number of benzene rings is 1. The minimum atomic E-state index is -3.87. The third-order valence-corrected chi connectivity index (χ3v) is 8.41. The van der Waals surface area contributed by atoms with Crippen LogP contribution in [0.5, 0.6) is 0 Å². The van der Waals surface area contributed by atoms with Crippen molar-refractivity contribution in [2.24, 2.45) is 0 Å². The Bertz CT molecular complexity index is 1120. The number of sulfonamides is 2. The van der Waals surface area contributed by atoms with Crippen molar-refractivity contribution in [1.29, 1.82) is 0 Å². The fourth-order valence-electron chi connectivity index (χ4n) is 3.01. The van der Waals surface area contributed by atoms with Crippen LogP contribution in [0.2, 0.25) is 0 Å². The highest BCUT2D eigenvalue weighted by atomic mass is 32.2. The van der Waals surface area contributed by atoms with Crippen molar-refractivity contribution < 1.29 is 26.0 Å². The van der Waals surface area contributed by atoms with Gasteiger partial charge in [-0.05, 0) is 30.3 Å². The number of aromatic nitrogens is 1. The van der Waals surface area contributed by atoms with Crippen molar-refractivity contribution in [1.82, 2.24) is 18.5 Å². The summed E-state index contributed by atoms with van der Waals surface area (Å²) in [5.74, 6) is -1.09. The van der Waals surface area contributed by atoms with Crippen LogP contribution in [0, 0.1) is 5.82 Å². The lowest BCUT2D eigenvalue weighted by Gasteiger charge is -2.34. The number of rotatable bonds is 6. The van der Waals surface area contributed by atoms with E-state index in [1.54, 1.807) is 0 Å². The van der Waals surface area contributed by atoms with Gasteiger partial charge in [0.1, 0.15) is 10.7 Å². The van der Waals surface area contributed by atoms with Gasteiger partial charge in [0.05, 0.1) is 11.4 Å². The quantitative estimate of drug-likeness (QED) is 0.622. The number of hydrogen-bond donors (Lipinski definition) is 0. The second kappa shape index (κ2) is 8.76. The van der Waals surface area contributed by atoms with Gasteiger partial charge in [0.25, 0.3) is 0 Å². The molecule has 1 aromatic heterocycles. The molecule has 0 unspecified atom stereocenters. The third kappa shape index (κ3) is 4.67. The van der Waals surface area contributed by atoms with Crippen LogP contribution in [0.25, 0.3) is 0 Å². The Balaban J connectivity index is 1.62. The Morgan fingerprint density at radius 3 is 2.33 bits per heavy atom. The minimum Gasteiger partial charge on any atom is -0.339 e. The molecule has 0 aliphatic carbocycles. The molecule has 1 saturated heterocycles. The van der Waals surface area contributed by atoms with Gasteiger partial charge in [-0.25, -0.2) is 21.2 Å². The average Bonchev–Trinajstić information content (AvgIpc) is 2.74. The van der Waals surface area contributed by atoms with E-state index >= 15 is 0 Å². The van der Waals surface area contributed by atoms with Crippen molar-refractivity contribution in [2.45, 2.75) is 9.79 Å². The van der Waals surface area contributed by atoms with Crippen molar-refractivity contribution >= 4 is 26.0 Å². The normalized spacial score (nSPS) is 16.0. The number of piperazine rings is 1. The van der Waals surface area contributed by atoms with Gasteiger partial charge in [0, 0.05) is 45.6 Å². The first-order valence-corrected chi connectivity index (χ1v) is 11.9. The summed E-state index contributed by atoms with van der Waals surface area (Å²) in [6, 6.07) is 7.62. The monoisotopic (exact) mass is 456 g/mol. The van der Waals surface area contributed by atoms with Crippen LogP contribution in [-0.2, 0) is 24.8 Å². The van der Waals surface area contributed by atoms with E-state index in [-0.39, 0.29) is 42.5 Å². The number of carbonyl (C=O) groups is 1. The maximum Gasteiger partial charge on any atom is 0.244 e. The number of likely N-dealkylation sites (N-methyl/N-ethyl adjacent to an activating group) is 1. The van der Waals surface area contributed by atoms with Crippen molar-refractivity contribution in [2.75, 3.05) is 39.8 Å². The van der Waals surface area contributed by atoms with Crippen LogP contribution in [0.3, 0.4) is 0 Å². The van der Waals surface area contributed by atoms with Crippen LogP contribution in [-0.4, -0.2) is 81.0 Å². The Morgan fingerprint density at radius 2 is 1.73 bits per heavy atom. The number of pyridine rings is 1. The van der Waals surface area contributed by atoms with Crippen LogP contribution in [0.1, 0.15) is 0 Å². The van der Waals surface area contributed by atoms with Crippen LogP contribution < -0.4 is 0 Å². The molecule has 9 nitrogen and oxygen atoms in total. The first-order valence-electron chi connectivity index (χ1n) is 9.02. The molecule has 1 aliphatic heterocycles. The summed E-state index contributed by atoms with van der Waals surface area (Å²) in [5.41, 5.74) is 0. The SMILES string of the molecule is CN(CC(=O)N1CCN(S(=O)(=O)c2cccc(F)c2)CC1)S(=O)(=O)c1cccnc1. The lowest BCUT2D eigenvalue weighted by molar-refractivity contribution is -0.132. The molecule has 1 aliphatic rings. The van der Waals surface area contributed by atoms with Gasteiger partial charge in [-0.3, -0.25) is 9.78 Å². The molecule has 30 heavy (non-hydrogen) atoms. The number of amides is 1. The summed E-state index contributed by atoms with van der Waals surface area (Å²) >= 11 is 0. The highest BCUT2D eigenvalue weighted by Crippen LogP contribution is 2.19. The molecular formula is C18H21FN4O5S2. The van der Waals surface area contributed by atoms with Gasteiger partial charge in [-0.1, -0.05) is 6.07 Å². The lowest BCUT2D eigenvalue weighted by Crippen LogP contribution is -2.52. The number of nitrogens with zero attached hydrogens (tertiary/aromatic N) is 4. The Kier molecular flexibility index (Phi) is 6.50. The fourth-order valence-corrected chi connectivity index (χ4v) is 5.55. The molecule has 1 amide bonds. The Labute approximate surface area is 174 Å². The van der Waals surface area contributed by atoms with Gasteiger partial charge in [0.15, 0.2) is 0 Å². The average molecular weight is 457 g/mol. The Morgan fingerprint density at radius 1 is 1.07 bits per heavy atom. The second-order valence-electron chi connectivity index (χ2n) is 6.69. The van der Waals surface area contributed by atoms with E-state index in [1.807, 2.05) is 0 Å². The summed E-state index contributed by atoms with van der Waals surface area (Å²) < 4.78 is 65.8. The number of carbonyl (C=O) groups excluding carboxylic acids is 1. The standard InChI is InChI=1S/C18H21FN4O5S2/c1-21(29(25,26)17-6-3-7-20-13-17)14-18(24)22-8-10-23(11-9-22)30(27,28)16-5-2-4-15(19)12-16/h2-7,12-13H,8-11,14H2,1H3. The summed E-state index contributed by atoms with van der Waals surface area (Å²) in [6.07, 6.45) is 2.65. The van der Waals surface area contributed by atoms with Gasteiger partial charge in [-0.15, -0.1) is 0 Å². The Hall–Kier alpha value is -2.41. The van der Waals surface area contributed by atoms with Gasteiger partial charge < -0.3 is 4.90 Å². The largest absolute Gasteiger partial charge is 0.339 e. The zero-order valence-electron chi connectivity index (χ0n) is 16.2. The fraction of sp³-hybridized carbons (Fsp3) is 0.333. The highest BCUT2D eigenvalue weighted by Gasteiger charge is 2.32. The summed E-state index contributed by atoms with van der Waals surface area (Å²) in [5, 5.41) is 0. The molecule has 2 heterocycles. The van der Waals surface area contributed by atoms with Crippen LogP contribution in [0.4, 0.5) is 4.39 Å². The van der Waals surface area contributed by atoms with E-state index in [0.29, 0.717) is 0 Å². The first kappa shape index (κ1) is 22.3. The molecule has 0 radical (unpaired) electrons. The van der Waals surface area contributed by atoms with E-state index in [0.717, 1.165) is 16.4 Å². The molecule has 0 bridgehead atoms. The molecule has 162 valence electrons. The molecule has 3 rings (SSSR count). The topological polar surface area (TPSA) is 108 Å². The maximum atomic E-state index is 13.4. The van der Waals surface area contributed by atoms with Crippen LogP contribution in [0.15, 0.2) is 58.6 Å². The highest BCUT2D eigenvalue weighted by molar-refractivity contribution is 7.89. The predicted octanol–water partition coefficient (Wildman–Crippen LogP) is 0.374. The van der Waals surface area contributed by atoms with Crippen molar-refractivity contribution in [3.63, 3.8) is 0 Å². The van der Waals surface area contributed by atoms with E-state index in [4.69, 9.17) is 0 Å². The molecular weight excluding hydrogens is 435 g/mol. The van der Waals surface area contributed by atoms with Crippen LogP contribution >= 0.6 is 0 Å². The molecule has 2 aromatic rings. The van der Waals surface area contributed by atoms with Gasteiger partial charge in [0.2, 0.25) is 26.0 Å². The maximum absolute atomic E-state index is 13.4. The second-order valence-corrected chi connectivity index (χ2v) is 10.7. The number of halogens is 1. The third-order valence-electron chi connectivity index (χ3n) is 4.73. The number of hydrogen-bond acceptors (Lipinski definition) is 6. The van der Waals surface area contributed by atoms with Gasteiger partial charge >= 0.3 is 0 Å². The van der Waals surface area contributed by atoms with E-state index < -0.39 is 31.8 Å². The molecule has 0 atom stereocenters. The van der Waals surface area contributed by atoms with E-state index in [2.05, 4.69) is 4.98 Å². The summed E-state index contributed by atoms with van der Waals surface area (Å²) in [7, 11) is -6.44. The van der Waals surface area contributed by atoms with Crippen molar-refractivity contribution in [3.05, 3.63) is 54.6 Å². The molecule has 0 N–H and O–H groups in total. The molecule has 1 aromatic carbocycles.